The Morgan fingerprint density at radius 3 is 2.37 bits per heavy atom. The second-order valence-corrected chi connectivity index (χ2v) is 4.15. The van der Waals surface area contributed by atoms with Crippen molar-refractivity contribution in [1.29, 1.82) is 0 Å². The summed E-state index contributed by atoms with van der Waals surface area (Å²) in [7, 11) is 0. The topological polar surface area (TPSA) is 44.5 Å². The average molecular weight is 261 g/mol. The number of hydrogen-bond donors (Lipinski definition) is 1. The molecule has 3 nitrogen and oxygen atoms in total. The van der Waals surface area contributed by atoms with Crippen LogP contribution in [-0.2, 0) is 0 Å². The van der Waals surface area contributed by atoms with E-state index in [2.05, 4.69) is 0 Å². The van der Waals surface area contributed by atoms with E-state index in [0.29, 0.717) is 23.7 Å². The Hall–Kier alpha value is -2.23. The summed E-state index contributed by atoms with van der Waals surface area (Å²) in [6, 6.07) is 10.0. The summed E-state index contributed by atoms with van der Waals surface area (Å²) in [4.78, 5) is 0. The van der Waals surface area contributed by atoms with E-state index in [1.165, 1.54) is 6.07 Å². The maximum absolute atomic E-state index is 13.3. The first-order valence-corrected chi connectivity index (χ1v) is 6.06. The standard InChI is InChI=1S/C15H16FNO2/c1-3-18-11-4-6-12(7-5-11)19-15-8-10(2)13(16)9-14(15)17/h4-9H,3,17H2,1-2H3. The lowest BCUT2D eigenvalue weighted by atomic mass is 10.2. The zero-order valence-electron chi connectivity index (χ0n) is 10.9. The molecule has 0 aromatic heterocycles. The fraction of sp³-hybridized carbons (Fsp3) is 0.200. The number of hydrogen-bond acceptors (Lipinski definition) is 3. The second-order valence-electron chi connectivity index (χ2n) is 4.15. The minimum Gasteiger partial charge on any atom is -0.494 e. The van der Waals surface area contributed by atoms with Gasteiger partial charge in [0, 0.05) is 6.07 Å². The van der Waals surface area contributed by atoms with Gasteiger partial charge in [-0.15, -0.1) is 0 Å². The van der Waals surface area contributed by atoms with Gasteiger partial charge in [0.25, 0.3) is 0 Å². The van der Waals surface area contributed by atoms with Crippen molar-refractivity contribution >= 4 is 5.69 Å². The third kappa shape index (κ3) is 3.16. The molecule has 0 atom stereocenters. The van der Waals surface area contributed by atoms with Crippen LogP contribution in [0.5, 0.6) is 17.2 Å². The molecule has 2 N–H and O–H groups in total. The van der Waals surface area contributed by atoms with Crippen molar-refractivity contribution in [3.63, 3.8) is 0 Å². The van der Waals surface area contributed by atoms with Gasteiger partial charge in [-0.1, -0.05) is 0 Å². The normalized spacial score (nSPS) is 10.3. The predicted octanol–water partition coefficient (Wildman–Crippen LogP) is 3.91. The molecule has 100 valence electrons. The van der Waals surface area contributed by atoms with Gasteiger partial charge >= 0.3 is 0 Å². The van der Waals surface area contributed by atoms with Crippen molar-refractivity contribution in [3.05, 3.63) is 47.8 Å². The van der Waals surface area contributed by atoms with E-state index in [1.807, 2.05) is 19.1 Å². The van der Waals surface area contributed by atoms with Crippen molar-refractivity contribution in [3.8, 4) is 17.2 Å². The summed E-state index contributed by atoms with van der Waals surface area (Å²) in [6.07, 6.45) is 0. The molecule has 2 rings (SSSR count). The van der Waals surface area contributed by atoms with E-state index in [-0.39, 0.29) is 11.5 Å². The number of anilines is 1. The summed E-state index contributed by atoms with van der Waals surface area (Å²) >= 11 is 0. The molecule has 0 radical (unpaired) electrons. The van der Waals surface area contributed by atoms with Crippen LogP contribution in [0.4, 0.5) is 10.1 Å². The molecule has 0 aliphatic heterocycles. The monoisotopic (exact) mass is 261 g/mol. The van der Waals surface area contributed by atoms with Gasteiger partial charge in [0.2, 0.25) is 0 Å². The molecule has 4 heteroatoms. The SMILES string of the molecule is CCOc1ccc(Oc2cc(C)c(F)cc2N)cc1. The van der Waals surface area contributed by atoms with Crippen LogP contribution in [0, 0.1) is 12.7 Å². The Morgan fingerprint density at radius 1 is 1.11 bits per heavy atom. The molecule has 19 heavy (non-hydrogen) atoms. The molecule has 0 saturated carbocycles. The molecule has 0 spiro atoms. The highest BCUT2D eigenvalue weighted by molar-refractivity contribution is 5.55. The summed E-state index contributed by atoms with van der Waals surface area (Å²) in [5.41, 5.74) is 6.50. The quantitative estimate of drug-likeness (QED) is 0.849. The first kappa shape index (κ1) is 13.2. The maximum atomic E-state index is 13.3. The van der Waals surface area contributed by atoms with Crippen LogP contribution >= 0.6 is 0 Å². The largest absolute Gasteiger partial charge is 0.494 e. The predicted molar refractivity (Wildman–Crippen MR) is 73.2 cm³/mol. The van der Waals surface area contributed by atoms with Crippen LogP contribution in [-0.4, -0.2) is 6.61 Å². The van der Waals surface area contributed by atoms with E-state index in [1.54, 1.807) is 25.1 Å². The molecule has 0 fully saturated rings. The van der Waals surface area contributed by atoms with Gasteiger partial charge in [0.1, 0.15) is 17.3 Å². The highest BCUT2D eigenvalue weighted by Gasteiger charge is 2.07. The highest BCUT2D eigenvalue weighted by atomic mass is 19.1. The molecule has 0 bridgehead atoms. The number of ether oxygens (including phenoxy) is 2. The average Bonchev–Trinajstić information content (AvgIpc) is 2.38. The van der Waals surface area contributed by atoms with Gasteiger partial charge in [0.15, 0.2) is 5.75 Å². The van der Waals surface area contributed by atoms with Crippen molar-refractivity contribution in [2.75, 3.05) is 12.3 Å². The van der Waals surface area contributed by atoms with Gasteiger partial charge in [-0.25, -0.2) is 4.39 Å². The molecule has 2 aromatic carbocycles. The zero-order valence-corrected chi connectivity index (χ0v) is 10.9. The Labute approximate surface area is 111 Å². The fourth-order valence-corrected chi connectivity index (χ4v) is 1.66. The Kier molecular flexibility index (Phi) is 3.90. The molecular weight excluding hydrogens is 245 g/mol. The van der Waals surface area contributed by atoms with Crippen molar-refractivity contribution in [1.82, 2.24) is 0 Å². The van der Waals surface area contributed by atoms with Gasteiger partial charge in [-0.3, -0.25) is 0 Å². The van der Waals surface area contributed by atoms with Gasteiger partial charge in [-0.2, -0.15) is 0 Å². The van der Waals surface area contributed by atoms with E-state index in [9.17, 15) is 4.39 Å². The third-order valence-electron chi connectivity index (χ3n) is 2.65. The second kappa shape index (κ2) is 5.61. The number of rotatable bonds is 4. The zero-order chi connectivity index (χ0) is 13.8. The van der Waals surface area contributed by atoms with Gasteiger partial charge < -0.3 is 15.2 Å². The number of benzene rings is 2. The first-order chi connectivity index (χ1) is 9.10. The molecule has 0 unspecified atom stereocenters. The number of halogens is 1. The van der Waals surface area contributed by atoms with E-state index in [0.717, 1.165) is 5.75 Å². The molecule has 2 aromatic rings. The maximum Gasteiger partial charge on any atom is 0.150 e. The summed E-state index contributed by atoms with van der Waals surface area (Å²) in [6.45, 7) is 4.20. The van der Waals surface area contributed by atoms with Crippen LogP contribution in [0.2, 0.25) is 0 Å². The van der Waals surface area contributed by atoms with Crippen LogP contribution in [0.15, 0.2) is 36.4 Å². The lowest BCUT2D eigenvalue weighted by molar-refractivity contribution is 0.339. The summed E-state index contributed by atoms with van der Waals surface area (Å²) in [5, 5.41) is 0. The molecule has 0 heterocycles. The molecule has 0 amide bonds. The number of nitrogen functional groups attached to an aromatic ring is 1. The molecular formula is C15H16FNO2. The van der Waals surface area contributed by atoms with Gasteiger partial charge in [-0.05, 0) is 49.7 Å². The van der Waals surface area contributed by atoms with E-state index < -0.39 is 0 Å². The van der Waals surface area contributed by atoms with Crippen LogP contribution in [0.25, 0.3) is 0 Å². The number of aryl methyl sites for hydroxylation is 1. The Balaban J connectivity index is 2.19. The number of nitrogens with two attached hydrogens (primary N) is 1. The lowest BCUT2D eigenvalue weighted by Gasteiger charge is -2.10. The highest BCUT2D eigenvalue weighted by Crippen LogP contribution is 2.30. The Bertz CT molecular complexity index is 567. The molecule has 0 aliphatic rings. The van der Waals surface area contributed by atoms with Crippen molar-refractivity contribution < 1.29 is 13.9 Å². The van der Waals surface area contributed by atoms with Gasteiger partial charge in [0.05, 0.1) is 12.3 Å². The van der Waals surface area contributed by atoms with E-state index >= 15 is 0 Å². The lowest BCUT2D eigenvalue weighted by Crippen LogP contribution is -1.95. The van der Waals surface area contributed by atoms with E-state index in [4.69, 9.17) is 15.2 Å². The van der Waals surface area contributed by atoms with Crippen LogP contribution in [0.1, 0.15) is 12.5 Å². The van der Waals surface area contributed by atoms with Crippen LogP contribution in [0.3, 0.4) is 0 Å². The van der Waals surface area contributed by atoms with Crippen molar-refractivity contribution in [2.45, 2.75) is 13.8 Å². The minimum absolute atomic E-state index is 0.275. The first-order valence-electron chi connectivity index (χ1n) is 6.06. The van der Waals surface area contributed by atoms with Crippen LogP contribution < -0.4 is 15.2 Å². The Morgan fingerprint density at radius 2 is 1.74 bits per heavy atom. The minimum atomic E-state index is -0.337. The van der Waals surface area contributed by atoms with Crippen molar-refractivity contribution in [2.24, 2.45) is 0 Å². The third-order valence-corrected chi connectivity index (χ3v) is 2.65. The smallest absolute Gasteiger partial charge is 0.150 e. The fourth-order valence-electron chi connectivity index (χ4n) is 1.66. The molecule has 0 aliphatic carbocycles. The summed E-state index contributed by atoms with van der Waals surface area (Å²) < 4.78 is 24.3. The summed E-state index contributed by atoms with van der Waals surface area (Å²) in [5.74, 6) is 1.51. The molecule has 0 saturated heterocycles.